The molecule has 92 valence electrons. The maximum Gasteiger partial charge on any atom is 0.337 e. The Bertz CT molecular complexity index is 386. The fourth-order valence-corrected chi connectivity index (χ4v) is 2.10. The quantitative estimate of drug-likeness (QED) is 0.622. The maximum absolute atomic E-state index is 11.2. The highest BCUT2D eigenvalue weighted by Crippen LogP contribution is 2.14. The average Bonchev–Trinajstić information content (AvgIpc) is 2.34. The molecule has 0 spiro atoms. The van der Waals surface area contributed by atoms with E-state index < -0.39 is 5.97 Å². The van der Waals surface area contributed by atoms with Crippen molar-refractivity contribution in [3.8, 4) is 0 Å². The fourth-order valence-electron chi connectivity index (χ4n) is 1.20. The first-order chi connectivity index (χ1) is 8.13. The maximum atomic E-state index is 11.2. The number of rotatable bonds is 6. The van der Waals surface area contributed by atoms with Crippen LogP contribution in [0.15, 0.2) is 24.3 Å². The predicted octanol–water partition coefficient (Wildman–Crippen LogP) is 2.18. The number of carboxylic acids is 1. The Balaban J connectivity index is 2.40. The second-order valence-corrected chi connectivity index (χ2v) is 4.49. The van der Waals surface area contributed by atoms with Crippen molar-refractivity contribution in [3.05, 3.63) is 35.4 Å². The van der Waals surface area contributed by atoms with Gasteiger partial charge in [0, 0.05) is 11.5 Å². The van der Waals surface area contributed by atoms with E-state index in [2.05, 4.69) is 4.74 Å². The van der Waals surface area contributed by atoms with Crippen molar-refractivity contribution >= 4 is 23.7 Å². The van der Waals surface area contributed by atoms with Crippen molar-refractivity contribution in [1.29, 1.82) is 0 Å². The van der Waals surface area contributed by atoms with Crippen LogP contribution in [0.4, 0.5) is 0 Å². The van der Waals surface area contributed by atoms with Crippen molar-refractivity contribution in [3.63, 3.8) is 0 Å². The molecule has 0 aliphatic rings. The first-order valence-corrected chi connectivity index (χ1v) is 6.25. The van der Waals surface area contributed by atoms with Crippen molar-refractivity contribution < 1.29 is 19.4 Å². The number of esters is 1. The van der Waals surface area contributed by atoms with Crippen LogP contribution in [0.2, 0.25) is 0 Å². The second kappa shape index (κ2) is 6.96. The van der Waals surface area contributed by atoms with Gasteiger partial charge in [0.2, 0.25) is 0 Å². The molecule has 0 bridgehead atoms. The molecule has 0 radical (unpaired) electrons. The molecule has 5 heteroatoms. The summed E-state index contributed by atoms with van der Waals surface area (Å²) in [4.78, 5) is 21.5. The molecule has 0 fully saturated rings. The van der Waals surface area contributed by atoms with Crippen LogP contribution in [0.5, 0.6) is 0 Å². The minimum absolute atomic E-state index is 0.172. The Morgan fingerprint density at radius 2 is 1.94 bits per heavy atom. The van der Waals surface area contributed by atoms with E-state index in [-0.39, 0.29) is 12.4 Å². The molecule has 1 aromatic rings. The van der Waals surface area contributed by atoms with E-state index >= 15 is 0 Å². The Hall–Kier alpha value is -1.49. The number of aliphatic carboxylic acids is 1. The van der Waals surface area contributed by atoms with Gasteiger partial charge in [-0.05, 0) is 17.7 Å². The highest BCUT2D eigenvalue weighted by molar-refractivity contribution is 7.98. The minimum Gasteiger partial charge on any atom is -0.481 e. The predicted molar refractivity (Wildman–Crippen MR) is 66.2 cm³/mol. The van der Waals surface area contributed by atoms with Gasteiger partial charge in [0.1, 0.15) is 0 Å². The Morgan fingerprint density at radius 1 is 1.29 bits per heavy atom. The van der Waals surface area contributed by atoms with E-state index in [4.69, 9.17) is 5.11 Å². The van der Waals surface area contributed by atoms with Gasteiger partial charge in [0.25, 0.3) is 0 Å². The van der Waals surface area contributed by atoms with Gasteiger partial charge in [-0.25, -0.2) is 4.79 Å². The number of hydrogen-bond donors (Lipinski definition) is 1. The lowest BCUT2D eigenvalue weighted by molar-refractivity contribution is -0.136. The molecule has 0 unspecified atom stereocenters. The second-order valence-electron chi connectivity index (χ2n) is 3.38. The summed E-state index contributed by atoms with van der Waals surface area (Å²) in [7, 11) is 1.35. The summed E-state index contributed by atoms with van der Waals surface area (Å²) in [5.74, 6) is 0.205. The summed E-state index contributed by atoms with van der Waals surface area (Å²) in [5, 5.41) is 8.47. The Labute approximate surface area is 104 Å². The molecular weight excluding hydrogens is 240 g/mol. The van der Waals surface area contributed by atoms with Crippen molar-refractivity contribution in [2.45, 2.75) is 12.2 Å². The molecule has 1 rings (SSSR count). The number of carbonyl (C=O) groups is 2. The molecule has 0 saturated heterocycles. The fraction of sp³-hybridized carbons (Fsp3) is 0.333. The molecule has 0 atom stereocenters. The topological polar surface area (TPSA) is 63.6 Å². The lowest BCUT2D eigenvalue weighted by Crippen LogP contribution is -2.00. The number of thioether (sulfide) groups is 1. The summed E-state index contributed by atoms with van der Waals surface area (Å²) in [6, 6.07) is 7.11. The normalized spacial score (nSPS) is 9.94. The zero-order chi connectivity index (χ0) is 12.7. The number of carboxylic acid groups (broad SMARTS) is 1. The number of hydrogen-bond acceptors (Lipinski definition) is 4. The Kier molecular flexibility index (Phi) is 5.56. The zero-order valence-electron chi connectivity index (χ0n) is 9.51. The summed E-state index contributed by atoms with van der Waals surface area (Å²) in [5.41, 5.74) is 1.58. The van der Waals surface area contributed by atoms with E-state index in [9.17, 15) is 9.59 Å². The van der Waals surface area contributed by atoms with Gasteiger partial charge >= 0.3 is 11.9 Å². The third-order valence-corrected chi connectivity index (χ3v) is 3.13. The summed E-state index contributed by atoms with van der Waals surface area (Å²) in [6.45, 7) is 0. The van der Waals surface area contributed by atoms with E-state index in [1.807, 2.05) is 12.1 Å². The molecule has 1 aromatic carbocycles. The van der Waals surface area contributed by atoms with Gasteiger partial charge in [-0.2, -0.15) is 11.8 Å². The van der Waals surface area contributed by atoms with Crippen LogP contribution in [0.1, 0.15) is 22.3 Å². The standard InChI is InChI=1S/C12H14O4S/c1-16-12(15)10-4-2-9(3-5-10)8-17-7-6-11(13)14/h2-5H,6-8H2,1H3,(H,13,14). The van der Waals surface area contributed by atoms with Crippen LogP contribution in [0.25, 0.3) is 0 Å². The minimum atomic E-state index is -0.779. The van der Waals surface area contributed by atoms with Crippen molar-refractivity contribution in [1.82, 2.24) is 0 Å². The van der Waals surface area contributed by atoms with Crippen LogP contribution in [0, 0.1) is 0 Å². The lowest BCUT2D eigenvalue weighted by atomic mass is 10.1. The Morgan fingerprint density at radius 3 is 2.47 bits per heavy atom. The van der Waals surface area contributed by atoms with Crippen LogP contribution < -0.4 is 0 Å². The average molecular weight is 254 g/mol. The molecular formula is C12H14O4S. The summed E-state index contributed by atoms with van der Waals surface area (Å²) >= 11 is 1.56. The third-order valence-electron chi connectivity index (χ3n) is 2.10. The molecule has 17 heavy (non-hydrogen) atoms. The summed E-state index contributed by atoms with van der Waals surface area (Å²) in [6.07, 6.45) is 0.172. The van der Waals surface area contributed by atoms with Gasteiger partial charge < -0.3 is 9.84 Å². The number of ether oxygens (including phenoxy) is 1. The van der Waals surface area contributed by atoms with Crippen LogP contribution >= 0.6 is 11.8 Å². The van der Waals surface area contributed by atoms with Gasteiger partial charge in [0.05, 0.1) is 19.1 Å². The van der Waals surface area contributed by atoms with Gasteiger partial charge in [-0.3, -0.25) is 4.79 Å². The van der Waals surface area contributed by atoms with E-state index in [1.54, 1.807) is 23.9 Å². The number of methoxy groups -OCH3 is 1. The monoisotopic (exact) mass is 254 g/mol. The molecule has 1 N–H and O–H groups in total. The van der Waals surface area contributed by atoms with Crippen LogP contribution in [0.3, 0.4) is 0 Å². The summed E-state index contributed by atoms with van der Waals surface area (Å²) < 4.78 is 4.59. The molecule has 0 aliphatic carbocycles. The third kappa shape index (κ3) is 4.91. The van der Waals surface area contributed by atoms with Crippen LogP contribution in [-0.2, 0) is 15.3 Å². The smallest absolute Gasteiger partial charge is 0.337 e. The highest BCUT2D eigenvalue weighted by Gasteiger charge is 2.04. The highest BCUT2D eigenvalue weighted by atomic mass is 32.2. The largest absolute Gasteiger partial charge is 0.481 e. The van der Waals surface area contributed by atoms with E-state index in [1.165, 1.54) is 7.11 Å². The molecule has 0 amide bonds. The van der Waals surface area contributed by atoms with Crippen LogP contribution in [-0.4, -0.2) is 29.9 Å². The molecule has 0 aliphatic heterocycles. The number of benzene rings is 1. The van der Waals surface area contributed by atoms with Gasteiger partial charge in [-0.15, -0.1) is 0 Å². The SMILES string of the molecule is COC(=O)c1ccc(CSCCC(=O)O)cc1. The molecule has 0 saturated carbocycles. The lowest BCUT2D eigenvalue weighted by Gasteiger charge is -2.02. The first-order valence-electron chi connectivity index (χ1n) is 5.10. The van der Waals surface area contributed by atoms with E-state index in [0.29, 0.717) is 11.3 Å². The van der Waals surface area contributed by atoms with E-state index in [0.717, 1.165) is 11.3 Å². The zero-order valence-corrected chi connectivity index (χ0v) is 10.3. The molecule has 4 nitrogen and oxygen atoms in total. The number of carbonyl (C=O) groups excluding carboxylic acids is 1. The molecule has 0 aromatic heterocycles. The van der Waals surface area contributed by atoms with Crippen molar-refractivity contribution in [2.75, 3.05) is 12.9 Å². The molecule has 0 heterocycles. The first kappa shape index (κ1) is 13.6. The van der Waals surface area contributed by atoms with Crippen molar-refractivity contribution in [2.24, 2.45) is 0 Å². The van der Waals surface area contributed by atoms with Gasteiger partial charge in [0.15, 0.2) is 0 Å². The van der Waals surface area contributed by atoms with Gasteiger partial charge in [-0.1, -0.05) is 12.1 Å².